The van der Waals surface area contributed by atoms with Crippen molar-refractivity contribution in [1.29, 1.82) is 5.26 Å². The summed E-state index contributed by atoms with van der Waals surface area (Å²) < 4.78 is 9.72. The summed E-state index contributed by atoms with van der Waals surface area (Å²) in [4.78, 5) is 0. The van der Waals surface area contributed by atoms with Gasteiger partial charge in [-0.1, -0.05) is 0 Å². The molecule has 0 fully saturated rings. The van der Waals surface area contributed by atoms with Gasteiger partial charge in [0.2, 0.25) is 0 Å². The summed E-state index contributed by atoms with van der Waals surface area (Å²) in [5.74, 6) is 0. The Morgan fingerprint density at radius 1 is 1.75 bits per heavy atom. The van der Waals surface area contributed by atoms with Gasteiger partial charge in [0.1, 0.15) is 11.6 Å². The molecule has 1 atom stereocenters. The molecule has 0 heterocycles. The standard InChI is InChI=1S/C7H11NO3.Na/c1-3-11-7(10-2)6(4-8)5-9;/h5,7,9H,3H2,1-2H3;. The first kappa shape index (κ1) is 14.5. The molecule has 0 aliphatic heterocycles. The van der Waals surface area contributed by atoms with Gasteiger partial charge in [-0.15, -0.1) is 0 Å². The summed E-state index contributed by atoms with van der Waals surface area (Å²) in [7, 11) is 1.40. The van der Waals surface area contributed by atoms with Crippen LogP contribution in [0, 0.1) is 11.3 Å². The van der Waals surface area contributed by atoms with Crippen molar-refractivity contribution in [3.05, 3.63) is 11.8 Å². The van der Waals surface area contributed by atoms with Crippen molar-refractivity contribution in [3.63, 3.8) is 0 Å². The third kappa shape index (κ3) is 4.75. The minimum absolute atomic E-state index is 0. The number of rotatable bonds is 4. The fourth-order valence-electron chi connectivity index (χ4n) is 0.579. The van der Waals surface area contributed by atoms with Crippen LogP contribution in [0.5, 0.6) is 0 Å². The van der Waals surface area contributed by atoms with Gasteiger partial charge >= 0.3 is 0 Å². The number of nitrogens with zero attached hydrogens (tertiary/aromatic N) is 1. The quantitative estimate of drug-likeness (QED) is 0.297. The monoisotopic (exact) mass is 180 g/mol. The van der Waals surface area contributed by atoms with E-state index in [4.69, 9.17) is 19.8 Å². The number of hydrogen-bond donors (Lipinski definition) is 1. The molecule has 12 heavy (non-hydrogen) atoms. The molecule has 0 amide bonds. The molecule has 0 aromatic rings. The first-order valence-corrected chi connectivity index (χ1v) is 3.18. The van der Waals surface area contributed by atoms with Crippen LogP contribution in [0.3, 0.4) is 0 Å². The van der Waals surface area contributed by atoms with E-state index in [0.29, 0.717) is 12.9 Å². The minimum Gasteiger partial charge on any atom is -0.514 e. The largest absolute Gasteiger partial charge is 0.514 e. The average Bonchev–Trinajstić information content (AvgIpc) is 2.05. The molecule has 4 nitrogen and oxygen atoms in total. The van der Waals surface area contributed by atoms with Gasteiger partial charge in [-0.25, -0.2) is 0 Å². The van der Waals surface area contributed by atoms with Crippen LogP contribution in [0.2, 0.25) is 0 Å². The normalized spacial score (nSPS) is 12.9. The summed E-state index contributed by atoms with van der Waals surface area (Å²) in [6.07, 6.45) is -0.0703. The predicted molar refractivity (Wildman–Crippen MR) is 44.5 cm³/mol. The summed E-state index contributed by atoms with van der Waals surface area (Å²) in [6, 6.07) is 1.75. The van der Waals surface area contributed by atoms with Crippen LogP contribution in [0.1, 0.15) is 6.92 Å². The smallest absolute Gasteiger partial charge is 0.196 e. The van der Waals surface area contributed by atoms with Gasteiger partial charge < -0.3 is 14.6 Å². The molecule has 0 aliphatic carbocycles. The maximum Gasteiger partial charge on any atom is 0.196 e. The summed E-state index contributed by atoms with van der Waals surface area (Å²) in [5.41, 5.74) is 0.0642. The molecule has 0 spiro atoms. The van der Waals surface area contributed by atoms with Crippen LogP contribution < -0.4 is 0 Å². The molecule has 0 aromatic heterocycles. The molecular weight excluding hydrogens is 169 g/mol. The molecule has 0 saturated carbocycles. The van der Waals surface area contributed by atoms with Crippen LogP contribution >= 0.6 is 0 Å². The van der Waals surface area contributed by atoms with E-state index >= 15 is 0 Å². The summed E-state index contributed by atoms with van der Waals surface area (Å²) in [5, 5.41) is 16.9. The van der Waals surface area contributed by atoms with E-state index in [9.17, 15) is 0 Å². The van der Waals surface area contributed by atoms with Crippen molar-refractivity contribution in [2.75, 3.05) is 13.7 Å². The van der Waals surface area contributed by atoms with Crippen molar-refractivity contribution in [2.45, 2.75) is 13.2 Å². The average molecular weight is 180 g/mol. The van der Waals surface area contributed by atoms with Gasteiger partial charge in [0.15, 0.2) is 6.29 Å². The molecule has 0 bridgehead atoms. The second kappa shape index (κ2) is 9.04. The van der Waals surface area contributed by atoms with Crippen molar-refractivity contribution >= 4 is 29.6 Å². The molecule has 0 aliphatic rings. The van der Waals surface area contributed by atoms with E-state index in [1.165, 1.54) is 7.11 Å². The predicted octanol–water partition coefficient (Wildman–Crippen LogP) is 0.580. The molecule has 1 unspecified atom stereocenters. The molecule has 63 valence electrons. The number of hydrogen-bond acceptors (Lipinski definition) is 4. The van der Waals surface area contributed by atoms with Gasteiger partial charge in [-0.2, -0.15) is 5.26 Å². The number of nitriles is 1. The SMILES string of the molecule is CCOC(OC)C(C#N)=CO.[Na]. The zero-order valence-corrected chi connectivity index (χ0v) is 9.57. The third-order valence-electron chi connectivity index (χ3n) is 1.05. The Labute approximate surface area is 94.1 Å². The fraction of sp³-hybridized carbons (Fsp3) is 0.571. The Kier molecular flexibility index (Phi) is 10.9. The topological polar surface area (TPSA) is 62.5 Å². The van der Waals surface area contributed by atoms with Crippen LogP contribution in [-0.2, 0) is 9.47 Å². The molecule has 0 aromatic carbocycles. The van der Waals surface area contributed by atoms with Crippen molar-refractivity contribution in [2.24, 2.45) is 0 Å². The van der Waals surface area contributed by atoms with Gasteiger partial charge in [0, 0.05) is 43.3 Å². The zero-order chi connectivity index (χ0) is 8.69. The molecule has 1 radical (unpaired) electrons. The molecule has 0 rings (SSSR count). The van der Waals surface area contributed by atoms with Crippen LogP contribution in [0.15, 0.2) is 11.8 Å². The number of aliphatic hydroxyl groups excluding tert-OH is 1. The molecule has 0 saturated heterocycles. The van der Waals surface area contributed by atoms with Gasteiger partial charge in [-0.3, -0.25) is 0 Å². The second-order valence-electron chi connectivity index (χ2n) is 1.72. The number of aliphatic hydroxyl groups is 1. The van der Waals surface area contributed by atoms with Crippen LogP contribution in [-0.4, -0.2) is 54.7 Å². The van der Waals surface area contributed by atoms with Crippen LogP contribution in [0.4, 0.5) is 0 Å². The van der Waals surface area contributed by atoms with Crippen LogP contribution in [0.25, 0.3) is 0 Å². The van der Waals surface area contributed by atoms with Gasteiger partial charge in [0.05, 0.1) is 6.26 Å². The Morgan fingerprint density at radius 3 is 2.58 bits per heavy atom. The number of methoxy groups -OCH3 is 1. The van der Waals surface area contributed by atoms with Crippen molar-refractivity contribution in [3.8, 4) is 6.07 Å². The van der Waals surface area contributed by atoms with Gasteiger partial charge in [0.25, 0.3) is 0 Å². The Balaban J connectivity index is 0. The number of ether oxygens (including phenoxy) is 2. The molecular formula is C7H11NNaO3. The summed E-state index contributed by atoms with van der Waals surface area (Å²) >= 11 is 0. The van der Waals surface area contributed by atoms with E-state index < -0.39 is 6.29 Å². The van der Waals surface area contributed by atoms with E-state index in [-0.39, 0.29) is 35.1 Å². The maximum absolute atomic E-state index is 8.51. The first-order chi connectivity index (χ1) is 5.29. The fourth-order valence-corrected chi connectivity index (χ4v) is 0.579. The summed E-state index contributed by atoms with van der Waals surface area (Å²) in [6.45, 7) is 2.20. The van der Waals surface area contributed by atoms with Gasteiger partial charge in [-0.05, 0) is 6.92 Å². The van der Waals surface area contributed by atoms with E-state index in [2.05, 4.69) is 0 Å². The van der Waals surface area contributed by atoms with E-state index in [0.717, 1.165) is 0 Å². The van der Waals surface area contributed by atoms with Crippen molar-refractivity contribution in [1.82, 2.24) is 0 Å². The minimum atomic E-state index is -0.755. The Hall–Kier alpha value is -0.0500. The van der Waals surface area contributed by atoms with Crippen molar-refractivity contribution < 1.29 is 14.6 Å². The Bertz CT molecular complexity index is 176. The van der Waals surface area contributed by atoms with E-state index in [1.807, 2.05) is 0 Å². The first-order valence-electron chi connectivity index (χ1n) is 3.18. The van der Waals surface area contributed by atoms with E-state index in [1.54, 1.807) is 13.0 Å². The Morgan fingerprint density at radius 2 is 2.33 bits per heavy atom. The maximum atomic E-state index is 8.51. The molecule has 5 heteroatoms. The second-order valence-corrected chi connectivity index (χ2v) is 1.72. The third-order valence-corrected chi connectivity index (χ3v) is 1.05. The zero-order valence-electron chi connectivity index (χ0n) is 7.57. The molecule has 1 N–H and O–H groups in total.